The van der Waals surface area contributed by atoms with Crippen LogP contribution in [0.2, 0.25) is 0 Å². The zero-order chi connectivity index (χ0) is 10.2. The smallest absolute Gasteiger partial charge is 0.0200 e. The van der Waals surface area contributed by atoms with Crippen molar-refractivity contribution in [1.82, 2.24) is 0 Å². The van der Waals surface area contributed by atoms with Gasteiger partial charge in [0.15, 0.2) is 0 Å². The molecule has 1 aliphatic carbocycles. The maximum Gasteiger partial charge on any atom is 0.0200 e. The molecule has 78 valence electrons. The third kappa shape index (κ3) is 2.18. The quantitative estimate of drug-likeness (QED) is 0.795. The molecule has 14 heavy (non-hydrogen) atoms. The molecular weight excluding hydrogens is 190 g/mol. The molecule has 1 aliphatic rings. The lowest BCUT2D eigenvalue weighted by atomic mass is 9.85. The summed E-state index contributed by atoms with van der Waals surface area (Å²) < 4.78 is 0. The van der Waals surface area contributed by atoms with Gasteiger partial charge in [0, 0.05) is 5.54 Å². The van der Waals surface area contributed by atoms with Gasteiger partial charge in [-0.3, -0.25) is 0 Å². The summed E-state index contributed by atoms with van der Waals surface area (Å²) in [6.07, 6.45) is 4.67. The summed E-state index contributed by atoms with van der Waals surface area (Å²) in [6.45, 7) is 4.66. The first-order valence-corrected chi connectivity index (χ1v) is 6.23. The lowest BCUT2D eigenvalue weighted by molar-refractivity contribution is 0.334. The zero-order valence-electron chi connectivity index (χ0n) is 9.05. The van der Waals surface area contributed by atoms with E-state index in [1.807, 2.05) is 0 Å². The molecule has 0 bridgehead atoms. The highest BCUT2D eigenvalue weighted by molar-refractivity contribution is 7.07. The van der Waals surface area contributed by atoms with E-state index in [0.717, 1.165) is 12.8 Å². The van der Waals surface area contributed by atoms with Crippen molar-refractivity contribution in [3.8, 4) is 0 Å². The molecule has 1 atom stereocenters. The average Bonchev–Trinajstić information content (AvgIpc) is 2.60. The second-order valence-corrected chi connectivity index (χ2v) is 6.29. The maximum atomic E-state index is 6.43. The third-order valence-electron chi connectivity index (χ3n) is 3.27. The highest BCUT2D eigenvalue weighted by Crippen LogP contribution is 2.43. The van der Waals surface area contributed by atoms with Gasteiger partial charge in [0.2, 0.25) is 0 Å². The van der Waals surface area contributed by atoms with Crippen LogP contribution in [0.4, 0.5) is 0 Å². The van der Waals surface area contributed by atoms with Gasteiger partial charge in [-0.15, -0.1) is 0 Å². The Bertz CT molecular complexity index is 302. The Morgan fingerprint density at radius 2 is 2.21 bits per heavy atom. The fourth-order valence-electron chi connectivity index (χ4n) is 2.67. The number of hydrogen-bond acceptors (Lipinski definition) is 2. The van der Waals surface area contributed by atoms with Crippen molar-refractivity contribution < 1.29 is 0 Å². The molecule has 2 N–H and O–H groups in total. The van der Waals surface area contributed by atoms with Crippen LogP contribution < -0.4 is 5.73 Å². The summed E-state index contributed by atoms with van der Waals surface area (Å²) in [5.74, 6) is 0. The molecule has 1 fully saturated rings. The van der Waals surface area contributed by atoms with Crippen LogP contribution in [0.3, 0.4) is 0 Å². The fourth-order valence-corrected chi connectivity index (χ4v) is 3.34. The fraction of sp³-hybridized carbons (Fsp3) is 0.667. The lowest BCUT2D eigenvalue weighted by Gasteiger charge is -2.26. The molecule has 2 rings (SSSR count). The average molecular weight is 209 g/mol. The number of hydrogen-bond donors (Lipinski definition) is 1. The first-order chi connectivity index (χ1) is 6.49. The SMILES string of the molecule is CC1(C)CCC(N)(Cc2ccsc2)C1. The first-order valence-electron chi connectivity index (χ1n) is 5.29. The van der Waals surface area contributed by atoms with Crippen molar-refractivity contribution in [2.24, 2.45) is 11.1 Å². The molecule has 1 nitrogen and oxygen atoms in total. The second-order valence-electron chi connectivity index (χ2n) is 5.51. The summed E-state index contributed by atoms with van der Waals surface area (Å²) in [7, 11) is 0. The van der Waals surface area contributed by atoms with Crippen LogP contribution in [-0.2, 0) is 6.42 Å². The Hall–Kier alpha value is -0.340. The molecule has 1 saturated carbocycles. The molecule has 1 aromatic rings. The van der Waals surface area contributed by atoms with E-state index in [2.05, 4.69) is 30.7 Å². The van der Waals surface area contributed by atoms with E-state index in [-0.39, 0.29) is 5.54 Å². The Morgan fingerprint density at radius 1 is 1.43 bits per heavy atom. The predicted octanol–water partition coefficient (Wildman–Crippen LogP) is 3.20. The number of thiophene rings is 1. The van der Waals surface area contributed by atoms with E-state index < -0.39 is 0 Å². The summed E-state index contributed by atoms with van der Waals surface area (Å²) in [6, 6.07) is 2.20. The van der Waals surface area contributed by atoms with Crippen LogP contribution in [0.15, 0.2) is 16.8 Å². The molecule has 0 aliphatic heterocycles. The van der Waals surface area contributed by atoms with Gasteiger partial charge in [-0.25, -0.2) is 0 Å². The lowest BCUT2D eigenvalue weighted by Crippen LogP contribution is -2.39. The van der Waals surface area contributed by atoms with Crippen molar-refractivity contribution in [2.75, 3.05) is 0 Å². The van der Waals surface area contributed by atoms with Crippen LogP contribution >= 0.6 is 11.3 Å². The van der Waals surface area contributed by atoms with Gasteiger partial charge in [0.25, 0.3) is 0 Å². The highest BCUT2D eigenvalue weighted by Gasteiger charge is 2.40. The topological polar surface area (TPSA) is 26.0 Å². The maximum absolute atomic E-state index is 6.43. The Kier molecular flexibility index (Phi) is 2.44. The minimum atomic E-state index is 0.0601. The Labute approximate surface area is 90.3 Å². The number of nitrogens with two attached hydrogens (primary N) is 1. The second kappa shape index (κ2) is 3.35. The third-order valence-corrected chi connectivity index (χ3v) is 4.00. The minimum Gasteiger partial charge on any atom is -0.325 e. The van der Waals surface area contributed by atoms with E-state index in [1.165, 1.54) is 18.4 Å². The normalized spacial score (nSPS) is 30.8. The van der Waals surface area contributed by atoms with E-state index in [0.29, 0.717) is 5.41 Å². The number of rotatable bonds is 2. The summed E-state index contributed by atoms with van der Waals surface area (Å²) in [4.78, 5) is 0. The summed E-state index contributed by atoms with van der Waals surface area (Å²) >= 11 is 1.77. The molecular formula is C12H19NS. The van der Waals surface area contributed by atoms with Gasteiger partial charge < -0.3 is 5.73 Å². The van der Waals surface area contributed by atoms with Crippen LogP contribution in [-0.4, -0.2) is 5.54 Å². The van der Waals surface area contributed by atoms with Crippen LogP contribution in [0.25, 0.3) is 0 Å². The van der Waals surface area contributed by atoms with Gasteiger partial charge in [0.1, 0.15) is 0 Å². The van der Waals surface area contributed by atoms with Gasteiger partial charge in [-0.1, -0.05) is 13.8 Å². The molecule has 1 heterocycles. The highest BCUT2D eigenvalue weighted by atomic mass is 32.1. The monoisotopic (exact) mass is 209 g/mol. The van der Waals surface area contributed by atoms with Crippen molar-refractivity contribution in [3.63, 3.8) is 0 Å². The van der Waals surface area contributed by atoms with E-state index in [9.17, 15) is 0 Å². The summed E-state index contributed by atoms with van der Waals surface area (Å²) in [5, 5.41) is 4.36. The molecule has 0 radical (unpaired) electrons. The van der Waals surface area contributed by atoms with Gasteiger partial charge in [-0.2, -0.15) is 11.3 Å². The van der Waals surface area contributed by atoms with Crippen LogP contribution in [0, 0.1) is 5.41 Å². The zero-order valence-corrected chi connectivity index (χ0v) is 9.86. The predicted molar refractivity (Wildman–Crippen MR) is 62.6 cm³/mol. The molecule has 0 spiro atoms. The molecule has 1 unspecified atom stereocenters. The van der Waals surface area contributed by atoms with Crippen LogP contribution in [0.1, 0.15) is 38.7 Å². The van der Waals surface area contributed by atoms with Crippen molar-refractivity contribution >= 4 is 11.3 Å². The van der Waals surface area contributed by atoms with E-state index in [1.54, 1.807) is 11.3 Å². The van der Waals surface area contributed by atoms with Gasteiger partial charge >= 0.3 is 0 Å². The van der Waals surface area contributed by atoms with Gasteiger partial charge in [-0.05, 0) is 53.5 Å². The van der Waals surface area contributed by atoms with Crippen molar-refractivity contribution in [2.45, 2.75) is 45.1 Å². The molecule has 2 heteroatoms. The summed E-state index contributed by atoms with van der Waals surface area (Å²) in [5.41, 5.74) is 8.35. The van der Waals surface area contributed by atoms with E-state index in [4.69, 9.17) is 5.73 Å². The molecule has 0 saturated heterocycles. The van der Waals surface area contributed by atoms with Crippen molar-refractivity contribution in [3.05, 3.63) is 22.4 Å². The minimum absolute atomic E-state index is 0.0601. The Morgan fingerprint density at radius 3 is 2.71 bits per heavy atom. The van der Waals surface area contributed by atoms with Gasteiger partial charge in [0.05, 0.1) is 0 Å². The van der Waals surface area contributed by atoms with Crippen LogP contribution in [0.5, 0.6) is 0 Å². The van der Waals surface area contributed by atoms with E-state index >= 15 is 0 Å². The molecule has 1 aromatic heterocycles. The molecule has 0 amide bonds. The largest absolute Gasteiger partial charge is 0.325 e. The first kappa shape index (κ1) is 10.2. The van der Waals surface area contributed by atoms with Crippen molar-refractivity contribution in [1.29, 1.82) is 0 Å². The molecule has 0 aromatic carbocycles. The Balaban J connectivity index is 2.05. The standard InChI is InChI=1S/C12H19NS/c1-11(2)4-5-12(13,9-11)7-10-3-6-14-8-10/h3,6,8H,4-5,7,9,13H2,1-2H3.